The van der Waals surface area contributed by atoms with Crippen molar-refractivity contribution < 1.29 is 23.9 Å². The molecule has 1 heterocycles. The van der Waals surface area contributed by atoms with Gasteiger partial charge in [-0.15, -0.1) is 0 Å². The molecule has 0 saturated heterocycles. The van der Waals surface area contributed by atoms with Crippen molar-refractivity contribution in [1.29, 1.82) is 0 Å². The number of hydrogen-bond acceptors (Lipinski definition) is 4. The SMILES string of the molecule is CCOc1cc2c(cc1OCC)C[NH+](CC(=O)NCCc1ccccc1OC)CC2. The number of fused-ring (bicyclic) bond motifs is 1. The monoisotopic (exact) mass is 413 g/mol. The van der Waals surface area contributed by atoms with Crippen LogP contribution in [0.4, 0.5) is 0 Å². The van der Waals surface area contributed by atoms with E-state index in [9.17, 15) is 4.79 Å². The first-order valence-corrected chi connectivity index (χ1v) is 10.8. The quantitative estimate of drug-likeness (QED) is 0.624. The van der Waals surface area contributed by atoms with E-state index in [4.69, 9.17) is 14.2 Å². The van der Waals surface area contributed by atoms with Crippen molar-refractivity contribution >= 4 is 5.91 Å². The van der Waals surface area contributed by atoms with Gasteiger partial charge in [0.2, 0.25) is 0 Å². The number of amides is 1. The number of benzene rings is 2. The number of quaternary nitrogens is 1. The molecular formula is C24H33N2O4+. The van der Waals surface area contributed by atoms with Crippen molar-refractivity contribution in [2.24, 2.45) is 0 Å². The summed E-state index contributed by atoms with van der Waals surface area (Å²) in [4.78, 5) is 13.7. The Kier molecular flexibility index (Phi) is 7.97. The Morgan fingerprint density at radius 2 is 1.73 bits per heavy atom. The summed E-state index contributed by atoms with van der Waals surface area (Å²) in [5.41, 5.74) is 3.64. The molecule has 1 amide bonds. The third-order valence-electron chi connectivity index (χ3n) is 5.37. The van der Waals surface area contributed by atoms with Gasteiger partial charge in [-0.05, 0) is 49.6 Å². The van der Waals surface area contributed by atoms with E-state index in [0.29, 0.717) is 26.3 Å². The maximum atomic E-state index is 12.5. The first-order chi connectivity index (χ1) is 14.6. The Labute approximate surface area is 179 Å². The predicted octanol–water partition coefficient (Wildman–Crippen LogP) is 1.79. The molecule has 0 aliphatic carbocycles. The lowest BCUT2D eigenvalue weighted by molar-refractivity contribution is -0.908. The van der Waals surface area contributed by atoms with Gasteiger partial charge in [-0.3, -0.25) is 4.79 Å². The summed E-state index contributed by atoms with van der Waals surface area (Å²) >= 11 is 0. The molecule has 2 aromatic carbocycles. The summed E-state index contributed by atoms with van der Waals surface area (Å²) in [5.74, 6) is 2.55. The first-order valence-electron chi connectivity index (χ1n) is 10.8. The minimum atomic E-state index is 0.0827. The van der Waals surface area contributed by atoms with Crippen LogP contribution in [0.1, 0.15) is 30.5 Å². The number of carbonyl (C=O) groups excluding carboxylic acids is 1. The fourth-order valence-electron chi connectivity index (χ4n) is 3.93. The highest BCUT2D eigenvalue weighted by atomic mass is 16.5. The van der Waals surface area contributed by atoms with Gasteiger partial charge in [0.15, 0.2) is 18.0 Å². The lowest BCUT2D eigenvalue weighted by Gasteiger charge is -2.26. The molecule has 6 nitrogen and oxygen atoms in total. The van der Waals surface area contributed by atoms with E-state index in [0.717, 1.165) is 48.7 Å². The number of rotatable bonds is 10. The molecule has 6 heteroatoms. The molecular weight excluding hydrogens is 380 g/mol. The molecule has 1 unspecified atom stereocenters. The topological polar surface area (TPSA) is 61.2 Å². The number of methoxy groups -OCH3 is 1. The van der Waals surface area contributed by atoms with E-state index in [-0.39, 0.29) is 5.91 Å². The maximum Gasteiger partial charge on any atom is 0.275 e. The molecule has 0 radical (unpaired) electrons. The molecule has 0 aromatic heterocycles. The molecule has 3 rings (SSSR count). The fourth-order valence-corrected chi connectivity index (χ4v) is 3.93. The van der Waals surface area contributed by atoms with Gasteiger partial charge in [0.25, 0.3) is 5.91 Å². The Hall–Kier alpha value is -2.73. The number of ether oxygens (including phenoxy) is 3. The van der Waals surface area contributed by atoms with Crippen LogP contribution in [0.25, 0.3) is 0 Å². The van der Waals surface area contributed by atoms with Gasteiger partial charge in [-0.1, -0.05) is 18.2 Å². The summed E-state index contributed by atoms with van der Waals surface area (Å²) in [6, 6.07) is 12.1. The van der Waals surface area contributed by atoms with Crippen molar-refractivity contribution in [2.75, 3.05) is 40.0 Å². The smallest absolute Gasteiger partial charge is 0.275 e. The summed E-state index contributed by atoms with van der Waals surface area (Å²) in [6.07, 6.45) is 1.69. The van der Waals surface area contributed by atoms with E-state index in [1.54, 1.807) is 7.11 Å². The number of nitrogens with one attached hydrogen (secondary N) is 2. The summed E-state index contributed by atoms with van der Waals surface area (Å²) in [5, 5.41) is 3.05. The van der Waals surface area contributed by atoms with Crippen molar-refractivity contribution in [3.63, 3.8) is 0 Å². The largest absolute Gasteiger partial charge is 0.496 e. The lowest BCUT2D eigenvalue weighted by atomic mass is 9.98. The van der Waals surface area contributed by atoms with E-state index < -0.39 is 0 Å². The van der Waals surface area contributed by atoms with Gasteiger partial charge >= 0.3 is 0 Å². The highest BCUT2D eigenvalue weighted by Gasteiger charge is 2.24. The second-order valence-electron chi connectivity index (χ2n) is 7.45. The molecule has 2 N–H and O–H groups in total. The molecule has 0 fully saturated rings. The Bertz CT molecular complexity index is 853. The molecule has 1 atom stereocenters. The zero-order valence-electron chi connectivity index (χ0n) is 18.3. The highest BCUT2D eigenvalue weighted by Crippen LogP contribution is 2.32. The van der Waals surface area contributed by atoms with Gasteiger partial charge in [0.05, 0.1) is 26.9 Å². The molecule has 0 spiro atoms. The number of para-hydroxylation sites is 1. The number of carbonyl (C=O) groups is 1. The highest BCUT2D eigenvalue weighted by molar-refractivity contribution is 5.76. The van der Waals surface area contributed by atoms with Crippen LogP contribution < -0.4 is 24.4 Å². The Morgan fingerprint density at radius 3 is 2.43 bits per heavy atom. The summed E-state index contributed by atoms with van der Waals surface area (Å²) in [6.45, 7) is 8.01. The van der Waals surface area contributed by atoms with Gasteiger partial charge in [-0.25, -0.2) is 0 Å². The molecule has 2 aromatic rings. The van der Waals surface area contributed by atoms with E-state index in [1.165, 1.54) is 16.0 Å². The van der Waals surface area contributed by atoms with E-state index >= 15 is 0 Å². The van der Waals surface area contributed by atoms with Gasteiger partial charge in [-0.2, -0.15) is 0 Å². The van der Waals surface area contributed by atoms with Crippen LogP contribution >= 0.6 is 0 Å². The zero-order chi connectivity index (χ0) is 21.3. The van der Waals surface area contributed by atoms with E-state index in [1.807, 2.05) is 38.1 Å². The second kappa shape index (κ2) is 10.9. The minimum Gasteiger partial charge on any atom is -0.496 e. The average Bonchev–Trinajstić information content (AvgIpc) is 2.75. The first kappa shape index (κ1) is 22.0. The third kappa shape index (κ3) is 5.66. The van der Waals surface area contributed by atoms with Crippen molar-refractivity contribution in [3.05, 3.63) is 53.1 Å². The second-order valence-corrected chi connectivity index (χ2v) is 7.45. The van der Waals surface area contributed by atoms with Crippen LogP contribution in [0.2, 0.25) is 0 Å². The van der Waals surface area contributed by atoms with Crippen molar-refractivity contribution in [2.45, 2.75) is 33.2 Å². The molecule has 1 aliphatic rings. The fraction of sp³-hybridized carbons (Fsp3) is 0.458. The van der Waals surface area contributed by atoms with Crippen LogP contribution in [0.5, 0.6) is 17.2 Å². The van der Waals surface area contributed by atoms with Crippen LogP contribution in [0.15, 0.2) is 36.4 Å². The molecule has 0 saturated carbocycles. The van der Waals surface area contributed by atoms with E-state index in [2.05, 4.69) is 17.4 Å². The van der Waals surface area contributed by atoms with Crippen LogP contribution in [0.3, 0.4) is 0 Å². The Balaban J connectivity index is 1.53. The van der Waals surface area contributed by atoms with Crippen LogP contribution in [0, 0.1) is 0 Å². The Morgan fingerprint density at radius 1 is 1.03 bits per heavy atom. The number of hydrogen-bond donors (Lipinski definition) is 2. The molecule has 162 valence electrons. The normalized spacial score (nSPS) is 15.2. The minimum absolute atomic E-state index is 0.0827. The van der Waals surface area contributed by atoms with Crippen molar-refractivity contribution in [1.82, 2.24) is 5.32 Å². The van der Waals surface area contributed by atoms with Crippen LogP contribution in [-0.4, -0.2) is 45.9 Å². The van der Waals surface area contributed by atoms with Gasteiger partial charge in [0.1, 0.15) is 12.3 Å². The van der Waals surface area contributed by atoms with Crippen LogP contribution in [-0.2, 0) is 24.2 Å². The standard InChI is InChI=1S/C24H32N2O4/c1-4-29-22-14-19-11-13-26(16-20(19)15-23(22)30-5-2)17-24(27)25-12-10-18-8-6-7-9-21(18)28-3/h6-9,14-15H,4-5,10-13,16-17H2,1-3H3,(H,25,27)/p+1. The molecule has 30 heavy (non-hydrogen) atoms. The average molecular weight is 414 g/mol. The zero-order valence-corrected chi connectivity index (χ0v) is 18.3. The lowest BCUT2D eigenvalue weighted by Crippen LogP contribution is -3.12. The van der Waals surface area contributed by atoms with Gasteiger partial charge < -0.3 is 24.4 Å². The summed E-state index contributed by atoms with van der Waals surface area (Å²) in [7, 11) is 1.67. The predicted molar refractivity (Wildman–Crippen MR) is 117 cm³/mol. The van der Waals surface area contributed by atoms with Crippen molar-refractivity contribution in [3.8, 4) is 17.2 Å². The summed E-state index contributed by atoms with van der Waals surface area (Å²) < 4.78 is 16.9. The maximum absolute atomic E-state index is 12.5. The third-order valence-corrected chi connectivity index (χ3v) is 5.37. The molecule has 1 aliphatic heterocycles. The molecule has 0 bridgehead atoms. The van der Waals surface area contributed by atoms with Gasteiger partial charge in [0, 0.05) is 18.5 Å².